The summed E-state index contributed by atoms with van der Waals surface area (Å²) >= 11 is 0. The molecule has 1 unspecified atom stereocenters. The topological polar surface area (TPSA) is 38.0 Å². The van der Waals surface area contributed by atoms with E-state index in [1.807, 2.05) is 30.3 Å². The number of halogens is 1. The Labute approximate surface area is 93.9 Å². The molecule has 0 saturated carbocycles. The van der Waals surface area contributed by atoms with Gasteiger partial charge < -0.3 is 0 Å². The largest absolute Gasteiger partial charge is 0.271 e. The van der Waals surface area contributed by atoms with Gasteiger partial charge >= 0.3 is 0 Å². The van der Waals surface area contributed by atoms with Crippen molar-refractivity contribution in [3.63, 3.8) is 0 Å². The zero-order valence-electron chi connectivity index (χ0n) is 8.73. The average Bonchev–Trinajstić information content (AvgIpc) is 2.34. The van der Waals surface area contributed by atoms with Crippen molar-refractivity contribution in [2.45, 2.75) is 6.04 Å². The zero-order chi connectivity index (χ0) is 11.4. The molecule has 82 valence electrons. The van der Waals surface area contributed by atoms with E-state index in [0.717, 1.165) is 5.56 Å². The van der Waals surface area contributed by atoms with Crippen molar-refractivity contribution >= 4 is 0 Å². The van der Waals surface area contributed by atoms with Gasteiger partial charge in [0.25, 0.3) is 0 Å². The minimum absolute atomic E-state index is 0.255. The van der Waals surface area contributed by atoms with E-state index in [9.17, 15) is 4.39 Å². The summed E-state index contributed by atoms with van der Waals surface area (Å²) in [6.45, 7) is 0. The van der Waals surface area contributed by atoms with Crippen LogP contribution in [0, 0.1) is 5.82 Å². The highest BCUT2D eigenvalue weighted by Crippen LogP contribution is 2.23. The van der Waals surface area contributed by atoms with Crippen LogP contribution in [-0.2, 0) is 0 Å². The number of benzene rings is 2. The maximum absolute atomic E-state index is 13.6. The molecule has 0 saturated heterocycles. The van der Waals surface area contributed by atoms with Gasteiger partial charge in [0.15, 0.2) is 0 Å². The molecule has 2 nitrogen and oxygen atoms in total. The van der Waals surface area contributed by atoms with E-state index in [1.165, 1.54) is 6.07 Å². The smallest absolute Gasteiger partial charge is 0.128 e. The van der Waals surface area contributed by atoms with E-state index in [4.69, 9.17) is 5.84 Å². The predicted molar refractivity (Wildman–Crippen MR) is 62.0 cm³/mol. The van der Waals surface area contributed by atoms with Crippen molar-refractivity contribution in [3.8, 4) is 0 Å². The predicted octanol–water partition coefficient (Wildman–Crippen LogP) is 2.38. The summed E-state index contributed by atoms with van der Waals surface area (Å²) in [4.78, 5) is 0. The van der Waals surface area contributed by atoms with Gasteiger partial charge in [-0.2, -0.15) is 0 Å². The van der Waals surface area contributed by atoms with Gasteiger partial charge in [0.05, 0.1) is 6.04 Å². The number of nitrogens with two attached hydrogens (primary N) is 1. The third kappa shape index (κ3) is 2.10. The van der Waals surface area contributed by atoms with Gasteiger partial charge in [0.2, 0.25) is 0 Å². The van der Waals surface area contributed by atoms with Crippen LogP contribution in [0.1, 0.15) is 17.2 Å². The molecule has 2 aromatic rings. The summed E-state index contributed by atoms with van der Waals surface area (Å²) in [5.74, 6) is 5.23. The Morgan fingerprint density at radius 1 is 0.938 bits per heavy atom. The van der Waals surface area contributed by atoms with Gasteiger partial charge in [-0.15, -0.1) is 0 Å². The molecule has 2 rings (SSSR count). The summed E-state index contributed by atoms with van der Waals surface area (Å²) in [5, 5.41) is 0. The average molecular weight is 216 g/mol. The van der Waals surface area contributed by atoms with Crippen LogP contribution in [0.3, 0.4) is 0 Å². The lowest BCUT2D eigenvalue weighted by atomic mass is 9.99. The lowest BCUT2D eigenvalue weighted by Gasteiger charge is -2.17. The van der Waals surface area contributed by atoms with Crippen LogP contribution >= 0.6 is 0 Å². The molecule has 0 spiro atoms. The Morgan fingerprint density at radius 3 is 2.19 bits per heavy atom. The first-order valence-corrected chi connectivity index (χ1v) is 5.08. The van der Waals surface area contributed by atoms with Crippen molar-refractivity contribution in [1.29, 1.82) is 0 Å². The first-order valence-electron chi connectivity index (χ1n) is 5.08. The molecule has 2 aromatic carbocycles. The third-order valence-corrected chi connectivity index (χ3v) is 2.52. The maximum Gasteiger partial charge on any atom is 0.128 e. The van der Waals surface area contributed by atoms with Crippen LogP contribution in [-0.4, -0.2) is 0 Å². The van der Waals surface area contributed by atoms with Crippen LogP contribution < -0.4 is 11.3 Å². The van der Waals surface area contributed by atoms with Crippen LogP contribution in [0.5, 0.6) is 0 Å². The van der Waals surface area contributed by atoms with Crippen molar-refractivity contribution in [2.75, 3.05) is 0 Å². The van der Waals surface area contributed by atoms with Crippen molar-refractivity contribution in [2.24, 2.45) is 5.84 Å². The standard InChI is InChI=1S/C13H13FN2/c14-12-9-5-4-8-11(12)13(16-15)10-6-2-1-3-7-10/h1-9,13,16H,15H2. The van der Waals surface area contributed by atoms with Gasteiger partial charge in [0.1, 0.15) is 5.82 Å². The molecule has 0 radical (unpaired) electrons. The molecular formula is C13H13FN2. The van der Waals surface area contributed by atoms with Crippen LogP contribution in [0.15, 0.2) is 54.6 Å². The highest BCUT2D eigenvalue weighted by atomic mass is 19.1. The molecule has 0 heterocycles. The molecule has 1 atom stereocenters. The van der Waals surface area contributed by atoms with E-state index in [1.54, 1.807) is 18.2 Å². The second-order valence-electron chi connectivity index (χ2n) is 3.53. The van der Waals surface area contributed by atoms with E-state index < -0.39 is 0 Å². The summed E-state index contributed by atoms with van der Waals surface area (Å²) in [5.41, 5.74) is 4.13. The second-order valence-corrected chi connectivity index (χ2v) is 3.53. The summed E-state index contributed by atoms with van der Waals surface area (Å²) < 4.78 is 13.6. The Kier molecular flexibility index (Phi) is 3.29. The molecule has 0 aliphatic heterocycles. The molecule has 0 bridgehead atoms. The van der Waals surface area contributed by atoms with Crippen molar-refractivity contribution in [3.05, 3.63) is 71.5 Å². The maximum atomic E-state index is 13.6. The minimum Gasteiger partial charge on any atom is -0.271 e. The number of hydrogen-bond donors (Lipinski definition) is 2. The Hall–Kier alpha value is -1.71. The minimum atomic E-state index is -0.317. The Balaban J connectivity index is 2.41. The third-order valence-electron chi connectivity index (χ3n) is 2.52. The molecule has 0 amide bonds. The van der Waals surface area contributed by atoms with Gasteiger partial charge in [-0.3, -0.25) is 5.84 Å². The fraction of sp³-hybridized carbons (Fsp3) is 0.0769. The molecule has 0 aliphatic rings. The van der Waals surface area contributed by atoms with Crippen LogP contribution in [0.25, 0.3) is 0 Å². The first-order chi connectivity index (χ1) is 7.83. The molecule has 16 heavy (non-hydrogen) atoms. The van der Waals surface area contributed by atoms with Gasteiger partial charge in [-0.25, -0.2) is 9.82 Å². The number of nitrogens with one attached hydrogen (secondary N) is 1. The van der Waals surface area contributed by atoms with Crippen LogP contribution in [0.2, 0.25) is 0 Å². The molecule has 0 aromatic heterocycles. The first kappa shape index (κ1) is 10.8. The SMILES string of the molecule is NNC(c1ccccc1)c1ccccc1F. The highest BCUT2D eigenvalue weighted by molar-refractivity contribution is 5.32. The van der Waals surface area contributed by atoms with Gasteiger partial charge in [-0.05, 0) is 11.6 Å². The summed E-state index contributed by atoms with van der Waals surface area (Å²) in [6, 6.07) is 15.9. The normalized spacial score (nSPS) is 12.4. The van der Waals surface area contributed by atoms with Gasteiger partial charge in [-0.1, -0.05) is 48.5 Å². The lowest BCUT2D eigenvalue weighted by molar-refractivity contribution is 0.560. The van der Waals surface area contributed by atoms with Crippen molar-refractivity contribution < 1.29 is 4.39 Å². The van der Waals surface area contributed by atoms with Crippen molar-refractivity contribution in [1.82, 2.24) is 5.43 Å². The quantitative estimate of drug-likeness (QED) is 0.610. The second kappa shape index (κ2) is 4.88. The monoisotopic (exact) mass is 216 g/mol. The zero-order valence-corrected chi connectivity index (χ0v) is 8.73. The highest BCUT2D eigenvalue weighted by Gasteiger charge is 2.15. The summed E-state index contributed by atoms with van der Waals surface area (Å²) in [6.07, 6.45) is 0. The molecular weight excluding hydrogens is 203 g/mol. The number of hydrazine groups is 1. The fourth-order valence-corrected chi connectivity index (χ4v) is 1.72. The van der Waals surface area contributed by atoms with E-state index in [0.29, 0.717) is 5.56 Å². The Bertz CT molecular complexity index is 456. The molecule has 3 heteroatoms. The van der Waals surface area contributed by atoms with E-state index >= 15 is 0 Å². The lowest BCUT2D eigenvalue weighted by Crippen LogP contribution is -2.29. The van der Waals surface area contributed by atoms with Gasteiger partial charge in [0, 0.05) is 5.56 Å². The van der Waals surface area contributed by atoms with Crippen LogP contribution in [0.4, 0.5) is 4.39 Å². The van der Waals surface area contributed by atoms with E-state index in [-0.39, 0.29) is 11.9 Å². The van der Waals surface area contributed by atoms with E-state index in [2.05, 4.69) is 5.43 Å². The molecule has 3 N–H and O–H groups in total. The Morgan fingerprint density at radius 2 is 1.56 bits per heavy atom. The number of rotatable bonds is 3. The summed E-state index contributed by atoms with van der Waals surface area (Å²) in [7, 11) is 0. The molecule has 0 fully saturated rings. The fourth-order valence-electron chi connectivity index (χ4n) is 1.72. The molecule has 0 aliphatic carbocycles. The number of hydrogen-bond acceptors (Lipinski definition) is 2.